The molecular formula is C18H21N5O2. The van der Waals surface area contributed by atoms with Gasteiger partial charge in [0.2, 0.25) is 0 Å². The Bertz CT molecular complexity index is 894. The van der Waals surface area contributed by atoms with E-state index >= 15 is 0 Å². The van der Waals surface area contributed by atoms with Gasteiger partial charge in [0, 0.05) is 18.4 Å². The molecule has 7 heteroatoms. The molecule has 2 heterocycles. The zero-order valence-electron chi connectivity index (χ0n) is 14.5. The Labute approximate surface area is 145 Å². The minimum Gasteiger partial charge on any atom is -0.444 e. The number of amides is 1. The molecule has 3 N–H and O–H groups in total. The molecule has 1 amide bonds. The van der Waals surface area contributed by atoms with Gasteiger partial charge >= 0.3 is 6.09 Å². The van der Waals surface area contributed by atoms with Gasteiger partial charge in [-0.25, -0.2) is 14.8 Å². The zero-order chi connectivity index (χ0) is 18.0. The van der Waals surface area contributed by atoms with Crippen LogP contribution in [0.4, 0.5) is 10.6 Å². The van der Waals surface area contributed by atoms with Gasteiger partial charge in [0.25, 0.3) is 0 Å². The molecule has 1 aromatic carbocycles. The van der Waals surface area contributed by atoms with Crippen LogP contribution < -0.4 is 11.1 Å². The van der Waals surface area contributed by atoms with Crippen molar-refractivity contribution < 1.29 is 9.53 Å². The van der Waals surface area contributed by atoms with E-state index in [9.17, 15) is 4.79 Å². The molecule has 0 saturated carbocycles. The molecule has 0 radical (unpaired) electrons. The summed E-state index contributed by atoms with van der Waals surface area (Å²) in [5.74, 6) is 0.460. The van der Waals surface area contributed by atoms with Crippen LogP contribution in [-0.4, -0.2) is 26.2 Å². The number of nitrogens with one attached hydrogen (secondary N) is 1. The Morgan fingerprint density at radius 2 is 1.92 bits per heavy atom. The summed E-state index contributed by atoms with van der Waals surface area (Å²) >= 11 is 0. The van der Waals surface area contributed by atoms with Crippen LogP contribution in [0.3, 0.4) is 0 Å². The molecule has 0 aliphatic rings. The standard InChI is InChI=1S/C18H21N5O2/c1-18(2,3)25-17(24)20-10-12-4-6-13(7-5-12)23-9-8-14-15(19)21-11-22-16(14)23/h4-9,11H,10H2,1-3H3,(H,20,24)(H2,19,21,22). The van der Waals surface area contributed by atoms with E-state index in [1.807, 2.05) is 61.9 Å². The highest BCUT2D eigenvalue weighted by Gasteiger charge is 2.15. The maximum atomic E-state index is 11.7. The predicted molar refractivity (Wildman–Crippen MR) is 96.4 cm³/mol. The summed E-state index contributed by atoms with van der Waals surface area (Å²) in [5.41, 5.74) is 8.04. The lowest BCUT2D eigenvalue weighted by atomic mass is 10.2. The molecule has 0 fully saturated rings. The number of alkyl carbamates (subject to hydrolysis) is 1. The van der Waals surface area contributed by atoms with Crippen molar-refractivity contribution in [1.82, 2.24) is 19.9 Å². The number of nitrogens with zero attached hydrogens (tertiary/aromatic N) is 3. The van der Waals surface area contributed by atoms with Gasteiger partial charge in [-0.05, 0) is 44.5 Å². The summed E-state index contributed by atoms with van der Waals surface area (Å²) in [6.07, 6.45) is 2.93. The fraction of sp³-hybridized carbons (Fsp3) is 0.278. The number of hydrogen-bond acceptors (Lipinski definition) is 5. The van der Waals surface area contributed by atoms with Gasteiger partial charge in [0.05, 0.1) is 5.39 Å². The second-order valence-corrected chi connectivity index (χ2v) is 6.70. The van der Waals surface area contributed by atoms with Gasteiger partial charge in [-0.15, -0.1) is 0 Å². The lowest BCUT2D eigenvalue weighted by Gasteiger charge is -2.19. The highest BCUT2D eigenvalue weighted by Crippen LogP contribution is 2.21. The zero-order valence-corrected chi connectivity index (χ0v) is 14.5. The average Bonchev–Trinajstić information content (AvgIpc) is 2.97. The molecule has 2 aromatic heterocycles. The molecule has 0 aliphatic carbocycles. The number of benzene rings is 1. The Hall–Kier alpha value is -3.09. The molecule has 0 atom stereocenters. The van der Waals surface area contributed by atoms with Gasteiger partial charge in [-0.2, -0.15) is 0 Å². The van der Waals surface area contributed by atoms with Crippen molar-refractivity contribution in [2.45, 2.75) is 32.9 Å². The van der Waals surface area contributed by atoms with Crippen LogP contribution >= 0.6 is 0 Å². The van der Waals surface area contributed by atoms with Crippen LogP contribution in [0.25, 0.3) is 16.7 Å². The first-order valence-electron chi connectivity index (χ1n) is 7.97. The Kier molecular flexibility index (Phi) is 4.31. The van der Waals surface area contributed by atoms with E-state index < -0.39 is 11.7 Å². The van der Waals surface area contributed by atoms with Crippen LogP contribution in [0.1, 0.15) is 26.3 Å². The van der Waals surface area contributed by atoms with Crippen molar-refractivity contribution in [3.8, 4) is 5.69 Å². The largest absolute Gasteiger partial charge is 0.444 e. The molecule has 130 valence electrons. The van der Waals surface area contributed by atoms with E-state index in [0.717, 1.165) is 22.3 Å². The summed E-state index contributed by atoms with van der Waals surface area (Å²) < 4.78 is 7.16. The van der Waals surface area contributed by atoms with Gasteiger partial charge in [0.15, 0.2) is 0 Å². The second-order valence-electron chi connectivity index (χ2n) is 6.70. The molecule has 0 saturated heterocycles. The highest BCUT2D eigenvalue weighted by atomic mass is 16.6. The Morgan fingerprint density at radius 1 is 1.20 bits per heavy atom. The van der Waals surface area contributed by atoms with E-state index in [2.05, 4.69) is 15.3 Å². The molecule has 0 spiro atoms. The summed E-state index contributed by atoms with van der Waals surface area (Å²) in [7, 11) is 0. The van der Waals surface area contributed by atoms with E-state index in [1.54, 1.807) is 0 Å². The van der Waals surface area contributed by atoms with Gasteiger partial charge < -0.3 is 20.4 Å². The number of anilines is 1. The third-order valence-electron chi connectivity index (χ3n) is 3.56. The number of rotatable bonds is 3. The Balaban J connectivity index is 1.72. The first-order chi connectivity index (χ1) is 11.8. The van der Waals surface area contributed by atoms with Crippen LogP contribution in [-0.2, 0) is 11.3 Å². The quantitative estimate of drug-likeness (QED) is 0.765. The third kappa shape index (κ3) is 3.88. The molecule has 25 heavy (non-hydrogen) atoms. The lowest BCUT2D eigenvalue weighted by Crippen LogP contribution is -2.32. The van der Waals surface area contributed by atoms with Crippen LogP contribution in [0.5, 0.6) is 0 Å². The molecule has 0 aliphatic heterocycles. The van der Waals surface area contributed by atoms with Crippen molar-refractivity contribution in [2.75, 3.05) is 5.73 Å². The van der Waals surface area contributed by atoms with Crippen molar-refractivity contribution >= 4 is 22.9 Å². The number of carbonyl (C=O) groups is 1. The first-order valence-corrected chi connectivity index (χ1v) is 7.97. The number of nitrogen functional groups attached to an aromatic ring is 1. The first kappa shape index (κ1) is 16.8. The number of fused-ring (bicyclic) bond motifs is 1. The lowest BCUT2D eigenvalue weighted by molar-refractivity contribution is 0.0523. The van der Waals surface area contributed by atoms with Crippen molar-refractivity contribution in [2.24, 2.45) is 0 Å². The van der Waals surface area contributed by atoms with E-state index in [-0.39, 0.29) is 0 Å². The number of hydrogen-bond donors (Lipinski definition) is 2. The summed E-state index contributed by atoms with van der Waals surface area (Å²) in [4.78, 5) is 20.0. The van der Waals surface area contributed by atoms with Crippen LogP contribution in [0.15, 0.2) is 42.9 Å². The van der Waals surface area contributed by atoms with Gasteiger partial charge in [-0.1, -0.05) is 12.1 Å². The average molecular weight is 339 g/mol. The van der Waals surface area contributed by atoms with Crippen LogP contribution in [0, 0.1) is 0 Å². The fourth-order valence-corrected chi connectivity index (χ4v) is 2.44. The molecular weight excluding hydrogens is 318 g/mol. The minimum atomic E-state index is -0.507. The summed E-state index contributed by atoms with van der Waals surface area (Å²) in [5, 5.41) is 3.56. The van der Waals surface area contributed by atoms with Crippen molar-refractivity contribution in [3.63, 3.8) is 0 Å². The normalized spacial score (nSPS) is 11.5. The Morgan fingerprint density at radius 3 is 2.60 bits per heavy atom. The molecule has 3 rings (SSSR count). The number of ether oxygens (including phenoxy) is 1. The van der Waals surface area contributed by atoms with Gasteiger partial charge in [-0.3, -0.25) is 0 Å². The monoisotopic (exact) mass is 339 g/mol. The SMILES string of the molecule is CC(C)(C)OC(=O)NCc1ccc(-n2ccc3c(N)ncnc32)cc1. The number of carbonyl (C=O) groups excluding carboxylic acids is 1. The molecule has 7 nitrogen and oxygen atoms in total. The van der Waals surface area contributed by atoms with Crippen molar-refractivity contribution in [3.05, 3.63) is 48.4 Å². The highest BCUT2D eigenvalue weighted by molar-refractivity contribution is 5.87. The number of aromatic nitrogens is 3. The predicted octanol–water partition coefficient (Wildman–Crippen LogP) is 3.03. The number of nitrogens with two attached hydrogens (primary N) is 1. The van der Waals surface area contributed by atoms with Gasteiger partial charge in [0.1, 0.15) is 23.4 Å². The maximum Gasteiger partial charge on any atom is 0.407 e. The minimum absolute atomic E-state index is 0.400. The summed E-state index contributed by atoms with van der Waals surface area (Å²) in [6.45, 7) is 5.90. The topological polar surface area (TPSA) is 95.1 Å². The smallest absolute Gasteiger partial charge is 0.407 e. The third-order valence-corrected chi connectivity index (χ3v) is 3.56. The van der Waals surface area contributed by atoms with Crippen LogP contribution in [0.2, 0.25) is 0 Å². The van der Waals surface area contributed by atoms with E-state index in [1.165, 1.54) is 6.33 Å². The molecule has 0 unspecified atom stereocenters. The second kappa shape index (κ2) is 6.43. The molecule has 0 bridgehead atoms. The van der Waals surface area contributed by atoms with Crippen molar-refractivity contribution in [1.29, 1.82) is 0 Å². The van der Waals surface area contributed by atoms with E-state index in [4.69, 9.17) is 10.5 Å². The van der Waals surface area contributed by atoms with E-state index in [0.29, 0.717) is 12.4 Å². The fourth-order valence-electron chi connectivity index (χ4n) is 2.44. The maximum absolute atomic E-state index is 11.7. The summed E-state index contributed by atoms with van der Waals surface area (Å²) in [6, 6.07) is 9.71. The molecule has 3 aromatic rings.